The molecule has 2 N–H and O–H groups in total. The van der Waals surface area contributed by atoms with E-state index in [1.807, 2.05) is 6.07 Å². The molecule has 0 saturated heterocycles. The van der Waals surface area contributed by atoms with E-state index in [1.165, 1.54) is 12.5 Å². The average Bonchev–Trinajstić information content (AvgIpc) is 2.93. The Morgan fingerprint density at radius 2 is 2.05 bits per heavy atom. The highest BCUT2D eigenvalue weighted by Crippen LogP contribution is 2.16. The lowest BCUT2D eigenvalue weighted by Gasteiger charge is -2.13. The number of benzene rings is 1. The van der Waals surface area contributed by atoms with E-state index in [0.29, 0.717) is 5.56 Å². The molecule has 0 aliphatic heterocycles. The number of nitrogens with zero attached hydrogens (tertiary/aromatic N) is 2. The topological polar surface area (TPSA) is 98.6 Å². The lowest BCUT2D eigenvalue weighted by molar-refractivity contribution is 0.564. The van der Waals surface area contributed by atoms with Crippen LogP contribution in [0.25, 0.3) is 0 Å². The summed E-state index contributed by atoms with van der Waals surface area (Å²) in [6.45, 7) is 1.73. The van der Waals surface area contributed by atoms with Crippen molar-refractivity contribution in [2.24, 2.45) is 0 Å². The third kappa shape index (κ3) is 2.99. The summed E-state index contributed by atoms with van der Waals surface area (Å²) in [6, 6.07) is 8.35. The van der Waals surface area contributed by atoms with Gasteiger partial charge in [0.1, 0.15) is 0 Å². The molecule has 7 heteroatoms. The SMILES string of the molecule is CC(NS(=O)(=O)c1cnc[nH]1)c1ccc(C#N)cc1. The molecule has 6 nitrogen and oxygen atoms in total. The molecule has 0 spiro atoms. The van der Waals surface area contributed by atoms with E-state index in [4.69, 9.17) is 5.26 Å². The van der Waals surface area contributed by atoms with Crippen LogP contribution in [0.15, 0.2) is 41.8 Å². The Labute approximate surface area is 111 Å². The van der Waals surface area contributed by atoms with Crippen molar-refractivity contribution in [1.82, 2.24) is 14.7 Å². The molecule has 0 fully saturated rings. The Hall–Kier alpha value is -2.17. The third-order valence-corrected chi connectivity index (χ3v) is 4.10. The first-order chi connectivity index (χ1) is 9.03. The molecule has 2 aromatic rings. The second-order valence-corrected chi connectivity index (χ2v) is 5.68. The van der Waals surface area contributed by atoms with Crippen LogP contribution in [0.5, 0.6) is 0 Å². The van der Waals surface area contributed by atoms with Crippen LogP contribution in [0.4, 0.5) is 0 Å². The maximum Gasteiger partial charge on any atom is 0.258 e. The van der Waals surface area contributed by atoms with Crippen LogP contribution >= 0.6 is 0 Å². The number of rotatable bonds is 4. The summed E-state index contributed by atoms with van der Waals surface area (Å²) in [5.41, 5.74) is 1.31. The smallest absolute Gasteiger partial charge is 0.258 e. The lowest BCUT2D eigenvalue weighted by atomic mass is 10.1. The number of nitrogens with one attached hydrogen (secondary N) is 2. The summed E-state index contributed by atoms with van der Waals surface area (Å²) in [7, 11) is -3.61. The highest BCUT2D eigenvalue weighted by Gasteiger charge is 2.19. The van der Waals surface area contributed by atoms with Crippen molar-refractivity contribution < 1.29 is 8.42 Å². The Kier molecular flexibility index (Phi) is 3.64. The van der Waals surface area contributed by atoms with Gasteiger partial charge in [-0.1, -0.05) is 12.1 Å². The van der Waals surface area contributed by atoms with E-state index >= 15 is 0 Å². The summed E-state index contributed by atoms with van der Waals surface area (Å²) >= 11 is 0. The highest BCUT2D eigenvalue weighted by atomic mass is 32.2. The number of nitriles is 1. The fourth-order valence-electron chi connectivity index (χ4n) is 1.60. The van der Waals surface area contributed by atoms with Crippen LogP contribution in [0, 0.1) is 11.3 Å². The van der Waals surface area contributed by atoms with Crippen LogP contribution in [-0.2, 0) is 10.0 Å². The number of hydrogen-bond acceptors (Lipinski definition) is 4. The fraction of sp³-hybridized carbons (Fsp3) is 0.167. The van der Waals surface area contributed by atoms with Crippen LogP contribution in [0.2, 0.25) is 0 Å². The van der Waals surface area contributed by atoms with Crippen molar-refractivity contribution in [2.45, 2.75) is 18.0 Å². The second-order valence-electron chi connectivity index (χ2n) is 3.99. The molecular weight excluding hydrogens is 264 g/mol. The molecule has 2 rings (SSSR count). The second kappa shape index (κ2) is 5.22. The Morgan fingerprint density at radius 1 is 1.37 bits per heavy atom. The zero-order valence-corrected chi connectivity index (χ0v) is 11.0. The molecule has 0 amide bonds. The minimum Gasteiger partial charge on any atom is -0.335 e. The summed E-state index contributed by atoms with van der Waals surface area (Å²) in [5, 5.41) is 8.73. The molecule has 98 valence electrons. The zero-order valence-electron chi connectivity index (χ0n) is 10.2. The van der Waals surface area contributed by atoms with Crippen molar-refractivity contribution in [3.63, 3.8) is 0 Å². The monoisotopic (exact) mass is 276 g/mol. The van der Waals surface area contributed by atoms with Gasteiger partial charge in [0.2, 0.25) is 0 Å². The Balaban J connectivity index is 2.17. The number of sulfonamides is 1. The number of hydrogen-bond donors (Lipinski definition) is 2. The molecule has 1 heterocycles. The summed E-state index contributed by atoms with van der Waals surface area (Å²) < 4.78 is 26.5. The predicted octanol–water partition coefficient (Wildman–Crippen LogP) is 1.32. The molecule has 19 heavy (non-hydrogen) atoms. The predicted molar refractivity (Wildman–Crippen MR) is 68.5 cm³/mol. The van der Waals surface area contributed by atoms with E-state index in [-0.39, 0.29) is 5.03 Å². The van der Waals surface area contributed by atoms with E-state index in [9.17, 15) is 8.42 Å². The molecule has 0 aliphatic rings. The zero-order chi connectivity index (χ0) is 13.9. The van der Waals surface area contributed by atoms with Crippen molar-refractivity contribution in [3.05, 3.63) is 47.9 Å². The van der Waals surface area contributed by atoms with E-state index in [2.05, 4.69) is 14.7 Å². The maximum atomic E-state index is 12.0. The molecule has 0 saturated carbocycles. The molecule has 1 atom stereocenters. The van der Waals surface area contributed by atoms with Crippen LogP contribution in [0.3, 0.4) is 0 Å². The van der Waals surface area contributed by atoms with Gasteiger partial charge in [-0.2, -0.15) is 5.26 Å². The quantitative estimate of drug-likeness (QED) is 0.879. The Bertz CT molecular complexity index is 684. The molecule has 0 radical (unpaired) electrons. The lowest BCUT2D eigenvalue weighted by Crippen LogP contribution is -2.27. The summed E-state index contributed by atoms with van der Waals surface area (Å²) in [4.78, 5) is 6.23. The van der Waals surface area contributed by atoms with Gasteiger partial charge in [0.05, 0.1) is 24.2 Å². The van der Waals surface area contributed by atoms with Crippen molar-refractivity contribution in [3.8, 4) is 6.07 Å². The molecule has 1 aromatic heterocycles. The van der Waals surface area contributed by atoms with Crippen molar-refractivity contribution in [2.75, 3.05) is 0 Å². The van der Waals surface area contributed by atoms with Gasteiger partial charge >= 0.3 is 0 Å². The first-order valence-corrected chi connectivity index (χ1v) is 7.02. The summed E-state index contributed by atoms with van der Waals surface area (Å²) in [5.74, 6) is 0. The molecule has 1 aromatic carbocycles. The molecule has 0 bridgehead atoms. The third-order valence-electron chi connectivity index (χ3n) is 2.63. The van der Waals surface area contributed by atoms with E-state index in [0.717, 1.165) is 5.56 Å². The van der Waals surface area contributed by atoms with Gasteiger partial charge in [0, 0.05) is 6.04 Å². The average molecular weight is 276 g/mol. The largest absolute Gasteiger partial charge is 0.335 e. The molecule has 1 unspecified atom stereocenters. The van der Waals surface area contributed by atoms with Gasteiger partial charge in [-0.05, 0) is 24.6 Å². The van der Waals surface area contributed by atoms with Gasteiger partial charge in [-0.15, -0.1) is 0 Å². The van der Waals surface area contributed by atoms with Crippen molar-refractivity contribution in [1.29, 1.82) is 5.26 Å². The van der Waals surface area contributed by atoms with Crippen LogP contribution in [0.1, 0.15) is 24.1 Å². The van der Waals surface area contributed by atoms with Gasteiger partial charge in [0.25, 0.3) is 10.0 Å². The normalized spacial score (nSPS) is 12.8. The first kappa shape index (κ1) is 13.3. The minimum atomic E-state index is -3.61. The summed E-state index contributed by atoms with van der Waals surface area (Å²) in [6.07, 6.45) is 2.55. The number of aromatic nitrogens is 2. The first-order valence-electron chi connectivity index (χ1n) is 5.54. The van der Waals surface area contributed by atoms with Gasteiger partial charge in [-0.25, -0.2) is 18.1 Å². The number of aromatic amines is 1. The van der Waals surface area contributed by atoms with Crippen molar-refractivity contribution >= 4 is 10.0 Å². The highest BCUT2D eigenvalue weighted by molar-refractivity contribution is 7.89. The van der Waals surface area contributed by atoms with Crippen LogP contribution in [-0.4, -0.2) is 18.4 Å². The van der Waals surface area contributed by atoms with Gasteiger partial charge in [-0.3, -0.25) is 0 Å². The standard InChI is InChI=1S/C12H12N4O2S/c1-9(11-4-2-10(6-13)3-5-11)16-19(17,18)12-7-14-8-15-12/h2-5,7-9,16H,1H3,(H,14,15). The van der Waals surface area contributed by atoms with Gasteiger partial charge < -0.3 is 4.98 Å². The molecule has 0 aliphatic carbocycles. The van der Waals surface area contributed by atoms with Crippen LogP contribution < -0.4 is 4.72 Å². The number of H-pyrrole nitrogens is 1. The molecular formula is C12H12N4O2S. The van der Waals surface area contributed by atoms with E-state index in [1.54, 1.807) is 31.2 Å². The minimum absolute atomic E-state index is 0.0213. The number of imidazole rings is 1. The van der Waals surface area contributed by atoms with E-state index < -0.39 is 16.1 Å². The fourth-order valence-corrected chi connectivity index (χ4v) is 2.74. The van der Waals surface area contributed by atoms with Gasteiger partial charge in [0.15, 0.2) is 5.03 Å². The Morgan fingerprint density at radius 3 is 2.58 bits per heavy atom. The maximum absolute atomic E-state index is 12.0.